The Kier molecular flexibility index (Phi) is 6.35. The van der Waals surface area contributed by atoms with Crippen LogP contribution >= 0.6 is 0 Å². The maximum atomic E-state index is 14.8. The van der Waals surface area contributed by atoms with Gasteiger partial charge in [0.05, 0.1) is 11.3 Å². The molecule has 4 rings (SSSR count). The number of β-amino-alcohol motifs (C(OH)–C–C–N with tert-alkyl or cyclic N) is 1. The molecular formula is C21H34FN5O. The molecule has 0 aliphatic carbocycles. The van der Waals surface area contributed by atoms with Crippen LogP contribution in [0, 0.1) is 5.82 Å². The van der Waals surface area contributed by atoms with Crippen LogP contribution in [0.3, 0.4) is 0 Å². The molecule has 28 heavy (non-hydrogen) atoms. The second-order valence-corrected chi connectivity index (χ2v) is 8.59. The van der Waals surface area contributed by atoms with Crippen LogP contribution in [0.1, 0.15) is 25.7 Å². The smallest absolute Gasteiger partial charge is 0.148 e. The summed E-state index contributed by atoms with van der Waals surface area (Å²) < 4.78 is 14.8. The minimum atomic E-state index is -0.569. The number of anilines is 2. The molecule has 7 heteroatoms. The Labute approximate surface area is 167 Å². The highest BCUT2D eigenvalue weighted by Crippen LogP contribution is 2.26. The van der Waals surface area contributed by atoms with Crippen molar-refractivity contribution in [1.82, 2.24) is 15.5 Å². The SMILES string of the molecule is OC1(CN2CCN(c3ccc(NC4CCCNC4)cc3F)CC2)CCNCC1. The molecule has 1 atom stereocenters. The molecule has 0 bridgehead atoms. The van der Waals surface area contributed by atoms with E-state index in [-0.39, 0.29) is 5.82 Å². The average Bonchev–Trinajstić information content (AvgIpc) is 2.70. The van der Waals surface area contributed by atoms with Gasteiger partial charge in [0.2, 0.25) is 0 Å². The Morgan fingerprint density at radius 1 is 1.11 bits per heavy atom. The first kappa shape index (κ1) is 19.9. The van der Waals surface area contributed by atoms with Gasteiger partial charge in [-0.25, -0.2) is 4.39 Å². The molecule has 1 aromatic rings. The number of hydrogen-bond acceptors (Lipinski definition) is 6. The zero-order valence-corrected chi connectivity index (χ0v) is 16.7. The van der Waals surface area contributed by atoms with Crippen LogP contribution in [0.15, 0.2) is 18.2 Å². The van der Waals surface area contributed by atoms with Crippen molar-refractivity contribution in [1.29, 1.82) is 0 Å². The fraction of sp³-hybridized carbons (Fsp3) is 0.714. The van der Waals surface area contributed by atoms with E-state index < -0.39 is 5.60 Å². The van der Waals surface area contributed by atoms with Gasteiger partial charge in [-0.15, -0.1) is 0 Å². The molecule has 156 valence electrons. The van der Waals surface area contributed by atoms with Gasteiger partial charge < -0.3 is 26.0 Å². The van der Waals surface area contributed by atoms with Gasteiger partial charge in [0.1, 0.15) is 5.82 Å². The zero-order valence-electron chi connectivity index (χ0n) is 16.7. The molecule has 0 radical (unpaired) electrons. The minimum absolute atomic E-state index is 0.154. The van der Waals surface area contributed by atoms with Crippen molar-refractivity contribution in [2.24, 2.45) is 0 Å². The van der Waals surface area contributed by atoms with Crippen molar-refractivity contribution in [3.05, 3.63) is 24.0 Å². The fourth-order valence-corrected chi connectivity index (χ4v) is 4.68. The molecule has 3 aliphatic rings. The third kappa shape index (κ3) is 4.95. The van der Waals surface area contributed by atoms with Gasteiger partial charge in [-0.1, -0.05) is 0 Å². The van der Waals surface area contributed by atoms with Crippen molar-refractivity contribution >= 4 is 11.4 Å². The maximum Gasteiger partial charge on any atom is 0.148 e. The fourth-order valence-electron chi connectivity index (χ4n) is 4.68. The molecule has 3 aliphatic heterocycles. The van der Waals surface area contributed by atoms with E-state index in [1.807, 2.05) is 12.1 Å². The van der Waals surface area contributed by atoms with Gasteiger partial charge in [-0.3, -0.25) is 4.90 Å². The molecule has 0 spiro atoms. The van der Waals surface area contributed by atoms with Gasteiger partial charge in [0, 0.05) is 51.0 Å². The van der Waals surface area contributed by atoms with Gasteiger partial charge >= 0.3 is 0 Å². The predicted octanol–water partition coefficient (Wildman–Crippen LogP) is 1.23. The van der Waals surface area contributed by atoms with E-state index in [2.05, 4.69) is 25.8 Å². The number of nitrogens with zero attached hydrogens (tertiary/aromatic N) is 2. The molecule has 0 aromatic heterocycles. The van der Waals surface area contributed by atoms with E-state index >= 15 is 0 Å². The van der Waals surface area contributed by atoms with E-state index in [9.17, 15) is 9.50 Å². The van der Waals surface area contributed by atoms with Crippen molar-refractivity contribution in [2.45, 2.75) is 37.3 Å². The number of rotatable bonds is 5. The first-order chi connectivity index (χ1) is 13.6. The van der Waals surface area contributed by atoms with E-state index in [0.29, 0.717) is 11.7 Å². The molecule has 1 unspecified atom stereocenters. The van der Waals surface area contributed by atoms with E-state index in [1.54, 1.807) is 6.07 Å². The largest absolute Gasteiger partial charge is 0.388 e. The van der Waals surface area contributed by atoms with Gasteiger partial charge in [-0.05, 0) is 63.5 Å². The first-order valence-electron chi connectivity index (χ1n) is 10.8. The molecule has 3 saturated heterocycles. The second kappa shape index (κ2) is 8.95. The molecule has 3 fully saturated rings. The highest BCUT2D eigenvalue weighted by molar-refractivity contribution is 5.57. The molecule has 1 aromatic carbocycles. The number of aliphatic hydroxyl groups is 1. The monoisotopic (exact) mass is 391 g/mol. The predicted molar refractivity (Wildman–Crippen MR) is 112 cm³/mol. The summed E-state index contributed by atoms with van der Waals surface area (Å²) in [5.41, 5.74) is 0.981. The van der Waals surface area contributed by atoms with E-state index in [1.165, 1.54) is 0 Å². The zero-order chi connectivity index (χ0) is 19.4. The number of hydrogen-bond donors (Lipinski definition) is 4. The van der Waals surface area contributed by atoms with Crippen LogP contribution in [0.25, 0.3) is 0 Å². The summed E-state index contributed by atoms with van der Waals surface area (Å²) in [6, 6.07) is 5.91. The average molecular weight is 392 g/mol. The molecule has 0 amide bonds. The quantitative estimate of drug-likeness (QED) is 0.606. The Morgan fingerprint density at radius 2 is 1.89 bits per heavy atom. The van der Waals surface area contributed by atoms with E-state index in [0.717, 1.165) is 90.3 Å². The number of halogens is 1. The number of nitrogens with one attached hydrogen (secondary N) is 3. The summed E-state index contributed by atoms with van der Waals surface area (Å²) in [4.78, 5) is 4.45. The molecule has 6 nitrogen and oxygen atoms in total. The summed E-state index contributed by atoms with van der Waals surface area (Å²) >= 11 is 0. The molecular weight excluding hydrogens is 357 g/mol. The van der Waals surface area contributed by atoms with Gasteiger partial charge in [0.25, 0.3) is 0 Å². The number of benzene rings is 1. The summed E-state index contributed by atoms with van der Waals surface area (Å²) in [5.74, 6) is -0.154. The summed E-state index contributed by atoms with van der Waals surface area (Å²) in [5, 5.41) is 20.9. The highest BCUT2D eigenvalue weighted by atomic mass is 19.1. The van der Waals surface area contributed by atoms with Gasteiger partial charge in [0.15, 0.2) is 0 Å². The molecule has 4 N–H and O–H groups in total. The van der Waals surface area contributed by atoms with Crippen molar-refractivity contribution in [2.75, 3.05) is 69.1 Å². The maximum absolute atomic E-state index is 14.8. The van der Waals surface area contributed by atoms with Crippen molar-refractivity contribution in [3.8, 4) is 0 Å². The summed E-state index contributed by atoms with van der Waals surface area (Å²) in [7, 11) is 0. The lowest BCUT2D eigenvalue weighted by atomic mass is 9.91. The third-order valence-electron chi connectivity index (χ3n) is 6.38. The molecule has 3 heterocycles. The third-order valence-corrected chi connectivity index (χ3v) is 6.38. The van der Waals surface area contributed by atoms with Crippen molar-refractivity contribution < 1.29 is 9.50 Å². The Hall–Kier alpha value is -1.41. The van der Waals surface area contributed by atoms with Crippen LogP contribution in [-0.4, -0.2) is 80.6 Å². The van der Waals surface area contributed by atoms with Crippen LogP contribution in [0.5, 0.6) is 0 Å². The topological polar surface area (TPSA) is 62.8 Å². The number of piperazine rings is 1. The number of piperidine rings is 2. The lowest BCUT2D eigenvalue weighted by molar-refractivity contribution is -0.0218. The van der Waals surface area contributed by atoms with E-state index in [4.69, 9.17) is 0 Å². The van der Waals surface area contributed by atoms with Crippen LogP contribution in [0.2, 0.25) is 0 Å². The van der Waals surface area contributed by atoms with Crippen LogP contribution in [0.4, 0.5) is 15.8 Å². The Bertz CT molecular complexity index is 638. The Balaban J connectivity index is 1.30. The normalized spacial score (nSPS) is 26.2. The second-order valence-electron chi connectivity index (χ2n) is 8.59. The molecule has 0 saturated carbocycles. The minimum Gasteiger partial charge on any atom is -0.388 e. The standard InChI is InChI=1S/C21H34FN5O/c22-19-14-17(25-18-2-1-7-24-15-18)3-4-20(19)27-12-10-26(11-13-27)16-21(28)5-8-23-9-6-21/h3-4,14,18,23-25,28H,1-2,5-13,15-16H2. The summed E-state index contributed by atoms with van der Waals surface area (Å²) in [6.07, 6.45) is 3.91. The highest BCUT2D eigenvalue weighted by Gasteiger charge is 2.32. The van der Waals surface area contributed by atoms with Crippen molar-refractivity contribution in [3.63, 3.8) is 0 Å². The van der Waals surface area contributed by atoms with Gasteiger partial charge in [-0.2, -0.15) is 0 Å². The summed E-state index contributed by atoms with van der Waals surface area (Å²) in [6.45, 7) is 7.84. The Morgan fingerprint density at radius 3 is 2.57 bits per heavy atom. The lowest BCUT2D eigenvalue weighted by Crippen LogP contribution is -2.54. The van der Waals surface area contributed by atoms with Crippen LogP contribution < -0.4 is 20.9 Å². The van der Waals surface area contributed by atoms with Crippen LogP contribution in [-0.2, 0) is 0 Å². The first-order valence-corrected chi connectivity index (χ1v) is 10.8. The lowest BCUT2D eigenvalue weighted by Gasteiger charge is -2.41.